The van der Waals surface area contributed by atoms with Gasteiger partial charge in [-0.05, 0) is 31.4 Å². The Bertz CT molecular complexity index is 795. The first-order chi connectivity index (χ1) is 11.0. The minimum atomic E-state index is -0.164. The number of hydrogen-bond donors (Lipinski definition) is 2. The topological polar surface area (TPSA) is 71.2 Å². The van der Waals surface area contributed by atoms with Crippen LogP contribution in [0.3, 0.4) is 0 Å². The molecular weight excluding hydrogens is 316 g/mol. The van der Waals surface area contributed by atoms with Gasteiger partial charge in [0.05, 0.1) is 11.6 Å². The summed E-state index contributed by atoms with van der Waals surface area (Å²) in [4.78, 5) is 26.6. The van der Waals surface area contributed by atoms with Gasteiger partial charge >= 0.3 is 0 Å². The normalized spacial score (nSPS) is 13.0. The fraction of sp³-hybridized carbons (Fsp3) is 0.412. The summed E-state index contributed by atoms with van der Waals surface area (Å²) < 4.78 is 5.63. The number of fused-ring (bicyclic) bond motifs is 3. The number of halogens is 1. The third kappa shape index (κ3) is 2.81. The predicted molar refractivity (Wildman–Crippen MR) is 89.5 cm³/mol. The van der Waals surface area contributed by atoms with Gasteiger partial charge in [0.25, 0.3) is 5.91 Å². The molecule has 0 bridgehead atoms. The van der Waals surface area contributed by atoms with Crippen LogP contribution in [-0.2, 0) is 17.6 Å². The van der Waals surface area contributed by atoms with Gasteiger partial charge in [0.2, 0.25) is 0 Å². The van der Waals surface area contributed by atoms with E-state index < -0.39 is 0 Å². The van der Waals surface area contributed by atoms with Crippen molar-refractivity contribution in [3.8, 4) is 5.75 Å². The molecule has 0 saturated carbocycles. The molecule has 5 nitrogen and oxygen atoms in total. The van der Waals surface area contributed by atoms with Crippen LogP contribution >= 0.6 is 11.6 Å². The van der Waals surface area contributed by atoms with Crippen molar-refractivity contribution in [3.05, 3.63) is 27.9 Å². The van der Waals surface area contributed by atoms with E-state index in [1.165, 1.54) is 0 Å². The van der Waals surface area contributed by atoms with Crippen molar-refractivity contribution in [1.29, 1.82) is 0 Å². The number of aromatic nitrogens is 1. The Morgan fingerprint density at radius 2 is 2.22 bits per heavy atom. The Hall–Kier alpha value is -2.01. The monoisotopic (exact) mass is 334 g/mol. The molecule has 0 fully saturated rings. The number of amides is 1. The van der Waals surface area contributed by atoms with Crippen LogP contribution in [0.25, 0.3) is 10.9 Å². The van der Waals surface area contributed by atoms with Gasteiger partial charge in [-0.2, -0.15) is 0 Å². The van der Waals surface area contributed by atoms with Gasteiger partial charge in [-0.3, -0.25) is 4.79 Å². The summed E-state index contributed by atoms with van der Waals surface area (Å²) in [6.07, 6.45) is 2.66. The van der Waals surface area contributed by atoms with Crippen molar-refractivity contribution in [2.24, 2.45) is 0 Å². The average molecular weight is 335 g/mol. The smallest absolute Gasteiger partial charge is 0.267 e. The Labute approximate surface area is 139 Å². The number of hydrogen-bond acceptors (Lipinski definition) is 3. The lowest BCUT2D eigenvalue weighted by Gasteiger charge is -2.07. The van der Waals surface area contributed by atoms with Gasteiger partial charge in [-0.1, -0.05) is 11.6 Å². The van der Waals surface area contributed by atoms with E-state index in [2.05, 4.69) is 10.3 Å². The highest BCUT2D eigenvalue weighted by Gasteiger charge is 2.25. The maximum atomic E-state index is 12.2. The molecule has 23 heavy (non-hydrogen) atoms. The van der Waals surface area contributed by atoms with Crippen LogP contribution in [0.2, 0.25) is 5.02 Å². The Kier molecular flexibility index (Phi) is 4.31. The molecule has 1 aliphatic rings. The van der Waals surface area contributed by atoms with Crippen LogP contribution < -0.4 is 10.1 Å². The van der Waals surface area contributed by atoms with Crippen LogP contribution in [0, 0.1) is 0 Å². The average Bonchev–Trinajstić information content (AvgIpc) is 3.11. The number of nitrogens with one attached hydrogen (secondary N) is 2. The van der Waals surface area contributed by atoms with Crippen LogP contribution in [0.4, 0.5) is 0 Å². The number of Topliss-reactive ketones (excluding diaryl/α,β-unsaturated/α-hetero) is 1. The summed E-state index contributed by atoms with van der Waals surface area (Å²) in [5.41, 5.74) is 3.38. The minimum Gasteiger partial charge on any atom is -0.491 e. The first kappa shape index (κ1) is 15.9. The number of aromatic amines is 1. The number of carbonyl (C=O) groups excluding carboxylic acids is 2. The SMILES string of the molecule is CNC(=O)c1[nH]c2cc(Cl)c3c(c2c1CCCC(C)=O)CCO3. The number of carbonyl (C=O) groups is 2. The quantitative estimate of drug-likeness (QED) is 0.883. The molecule has 2 aromatic rings. The van der Waals surface area contributed by atoms with E-state index in [1.54, 1.807) is 14.0 Å². The number of ketones is 1. The number of aryl methyl sites for hydroxylation is 1. The predicted octanol–water partition coefficient (Wildman–Crippen LogP) is 3.03. The van der Waals surface area contributed by atoms with E-state index in [0.29, 0.717) is 36.6 Å². The van der Waals surface area contributed by atoms with E-state index in [0.717, 1.165) is 34.2 Å². The highest BCUT2D eigenvalue weighted by atomic mass is 35.5. The summed E-state index contributed by atoms with van der Waals surface area (Å²) in [5.74, 6) is 0.709. The standard InChI is InChI=1S/C17H19ClN2O3/c1-9(21)4-3-5-10-14-11-6-7-23-16(11)12(18)8-13(14)20-15(10)17(22)19-2/h8,20H,3-7H2,1-2H3,(H,19,22). The highest BCUT2D eigenvalue weighted by Crippen LogP contribution is 2.41. The first-order valence-electron chi connectivity index (χ1n) is 7.73. The number of benzene rings is 1. The third-order valence-corrected chi connectivity index (χ3v) is 4.49. The lowest BCUT2D eigenvalue weighted by atomic mass is 9.98. The van der Waals surface area contributed by atoms with Crippen LogP contribution in [0.5, 0.6) is 5.75 Å². The molecule has 2 heterocycles. The molecule has 3 rings (SSSR count). The third-order valence-electron chi connectivity index (χ3n) is 4.20. The second-order valence-electron chi connectivity index (χ2n) is 5.80. The second kappa shape index (κ2) is 6.24. The lowest BCUT2D eigenvalue weighted by Crippen LogP contribution is -2.19. The summed E-state index contributed by atoms with van der Waals surface area (Å²) in [5, 5.41) is 4.24. The minimum absolute atomic E-state index is 0.156. The van der Waals surface area contributed by atoms with E-state index in [4.69, 9.17) is 16.3 Å². The largest absolute Gasteiger partial charge is 0.491 e. The Morgan fingerprint density at radius 3 is 2.91 bits per heavy atom. The molecule has 0 aliphatic carbocycles. The molecule has 6 heteroatoms. The molecule has 122 valence electrons. The number of ether oxygens (including phenoxy) is 1. The fourth-order valence-corrected chi connectivity index (χ4v) is 3.47. The van der Waals surface area contributed by atoms with Crippen molar-refractivity contribution in [2.45, 2.75) is 32.6 Å². The van der Waals surface area contributed by atoms with E-state index in [9.17, 15) is 9.59 Å². The van der Waals surface area contributed by atoms with Crippen LogP contribution in [0.1, 0.15) is 41.4 Å². The molecule has 1 amide bonds. The maximum Gasteiger partial charge on any atom is 0.267 e. The van der Waals surface area contributed by atoms with Crippen molar-refractivity contribution >= 4 is 34.2 Å². The lowest BCUT2D eigenvalue weighted by molar-refractivity contribution is -0.117. The van der Waals surface area contributed by atoms with Crippen molar-refractivity contribution in [1.82, 2.24) is 10.3 Å². The van der Waals surface area contributed by atoms with Gasteiger partial charge < -0.3 is 19.8 Å². The van der Waals surface area contributed by atoms with Crippen LogP contribution in [0.15, 0.2) is 6.07 Å². The zero-order valence-corrected chi connectivity index (χ0v) is 14.0. The van der Waals surface area contributed by atoms with Crippen molar-refractivity contribution in [2.75, 3.05) is 13.7 Å². The summed E-state index contributed by atoms with van der Waals surface area (Å²) in [6.45, 7) is 2.18. The second-order valence-corrected chi connectivity index (χ2v) is 6.21. The molecule has 1 aromatic heterocycles. The van der Waals surface area contributed by atoms with Crippen molar-refractivity contribution < 1.29 is 14.3 Å². The molecule has 0 spiro atoms. The molecule has 0 saturated heterocycles. The van der Waals surface area contributed by atoms with Crippen molar-refractivity contribution in [3.63, 3.8) is 0 Å². The van der Waals surface area contributed by atoms with E-state index in [1.807, 2.05) is 6.07 Å². The molecule has 1 aliphatic heterocycles. The van der Waals surface area contributed by atoms with Crippen LogP contribution in [-0.4, -0.2) is 30.3 Å². The summed E-state index contributed by atoms with van der Waals surface area (Å²) in [6, 6.07) is 1.81. The maximum absolute atomic E-state index is 12.2. The van der Waals surface area contributed by atoms with E-state index in [-0.39, 0.29) is 11.7 Å². The van der Waals surface area contributed by atoms with Gasteiger partial charge in [-0.25, -0.2) is 0 Å². The zero-order chi connectivity index (χ0) is 16.6. The molecule has 0 atom stereocenters. The highest BCUT2D eigenvalue weighted by molar-refractivity contribution is 6.33. The number of H-pyrrole nitrogens is 1. The van der Waals surface area contributed by atoms with Gasteiger partial charge in [0, 0.05) is 36.4 Å². The van der Waals surface area contributed by atoms with Gasteiger partial charge in [-0.15, -0.1) is 0 Å². The summed E-state index contributed by atoms with van der Waals surface area (Å²) in [7, 11) is 1.60. The number of rotatable bonds is 5. The first-order valence-corrected chi connectivity index (χ1v) is 8.11. The zero-order valence-electron chi connectivity index (χ0n) is 13.2. The molecule has 1 aromatic carbocycles. The Morgan fingerprint density at radius 1 is 1.43 bits per heavy atom. The van der Waals surface area contributed by atoms with Gasteiger partial charge in [0.1, 0.15) is 17.2 Å². The molecule has 0 unspecified atom stereocenters. The molecule has 2 N–H and O–H groups in total. The molecular formula is C17H19ClN2O3. The Balaban J connectivity index is 2.14. The van der Waals surface area contributed by atoms with E-state index >= 15 is 0 Å². The van der Waals surface area contributed by atoms with Gasteiger partial charge in [0.15, 0.2) is 0 Å². The fourth-order valence-electron chi connectivity index (χ4n) is 3.20. The molecule has 0 radical (unpaired) electrons. The summed E-state index contributed by atoms with van der Waals surface area (Å²) >= 11 is 6.28.